The van der Waals surface area contributed by atoms with Crippen LogP contribution in [-0.4, -0.2) is 58.0 Å². The van der Waals surface area contributed by atoms with Crippen molar-refractivity contribution in [3.8, 4) is 0 Å². The molecule has 6 nitrogen and oxygen atoms in total. The number of aliphatic imine (C=N–C) groups is 1. The van der Waals surface area contributed by atoms with Gasteiger partial charge in [-0.2, -0.15) is 0 Å². The van der Waals surface area contributed by atoms with Crippen molar-refractivity contribution < 1.29 is 9.53 Å². The van der Waals surface area contributed by atoms with Gasteiger partial charge in [0.25, 0.3) is 0 Å². The molecule has 7 heteroatoms. The van der Waals surface area contributed by atoms with Gasteiger partial charge in [-0.05, 0) is 12.1 Å². The van der Waals surface area contributed by atoms with E-state index in [9.17, 15) is 4.79 Å². The molecule has 0 aliphatic carbocycles. The van der Waals surface area contributed by atoms with Crippen molar-refractivity contribution >= 4 is 23.6 Å². The number of benzene rings is 1. The number of amides is 1. The molecule has 0 aliphatic rings. The van der Waals surface area contributed by atoms with Crippen LogP contribution in [0, 0.1) is 0 Å². The summed E-state index contributed by atoms with van der Waals surface area (Å²) in [7, 11) is 3.28. The van der Waals surface area contributed by atoms with Crippen molar-refractivity contribution in [2.24, 2.45) is 4.99 Å². The molecule has 122 valence electrons. The lowest BCUT2D eigenvalue weighted by Gasteiger charge is -2.11. The Morgan fingerprint density at radius 2 is 1.95 bits per heavy atom. The van der Waals surface area contributed by atoms with Crippen molar-refractivity contribution in [1.82, 2.24) is 16.0 Å². The van der Waals surface area contributed by atoms with Gasteiger partial charge >= 0.3 is 0 Å². The van der Waals surface area contributed by atoms with Gasteiger partial charge in [0.15, 0.2) is 5.96 Å². The Morgan fingerprint density at radius 1 is 1.18 bits per heavy atom. The SMILES string of the molecule is CN=C(NCCSc1ccccc1)NCC(=O)NCCOC. The topological polar surface area (TPSA) is 74.8 Å². The van der Waals surface area contributed by atoms with E-state index >= 15 is 0 Å². The number of hydrogen-bond acceptors (Lipinski definition) is 4. The Hall–Kier alpha value is -1.73. The van der Waals surface area contributed by atoms with E-state index in [1.807, 2.05) is 18.2 Å². The Morgan fingerprint density at radius 3 is 2.64 bits per heavy atom. The summed E-state index contributed by atoms with van der Waals surface area (Å²) in [6.45, 7) is 1.98. The van der Waals surface area contributed by atoms with E-state index < -0.39 is 0 Å². The summed E-state index contributed by atoms with van der Waals surface area (Å²) in [4.78, 5) is 16.9. The number of ether oxygens (including phenoxy) is 1. The standard InChI is InChI=1S/C15H24N4O2S/c1-16-15(19-12-14(20)17-8-10-21-2)18-9-11-22-13-6-4-3-5-7-13/h3-7H,8-12H2,1-2H3,(H,17,20)(H2,16,18,19). The summed E-state index contributed by atoms with van der Waals surface area (Å²) in [5.74, 6) is 1.46. The highest BCUT2D eigenvalue weighted by Crippen LogP contribution is 2.15. The number of carbonyl (C=O) groups is 1. The van der Waals surface area contributed by atoms with Crippen molar-refractivity contribution in [2.45, 2.75) is 4.90 Å². The average molecular weight is 324 g/mol. The normalized spacial score (nSPS) is 11.1. The lowest BCUT2D eigenvalue weighted by atomic mass is 10.4. The zero-order valence-electron chi connectivity index (χ0n) is 13.1. The van der Waals surface area contributed by atoms with E-state index in [-0.39, 0.29) is 12.5 Å². The first-order valence-electron chi connectivity index (χ1n) is 7.14. The van der Waals surface area contributed by atoms with Crippen LogP contribution < -0.4 is 16.0 Å². The second kappa shape index (κ2) is 11.9. The highest BCUT2D eigenvalue weighted by molar-refractivity contribution is 7.99. The number of nitrogens with one attached hydrogen (secondary N) is 3. The average Bonchev–Trinajstić information content (AvgIpc) is 2.55. The molecule has 0 fully saturated rings. The van der Waals surface area contributed by atoms with Crippen LogP contribution in [-0.2, 0) is 9.53 Å². The van der Waals surface area contributed by atoms with Crippen molar-refractivity contribution in [3.63, 3.8) is 0 Å². The predicted octanol–water partition coefficient (Wildman–Crippen LogP) is 0.706. The number of rotatable bonds is 9. The number of methoxy groups -OCH3 is 1. The summed E-state index contributed by atoms with van der Waals surface area (Å²) >= 11 is 1.77. The summed E-state index contributed by atoms with van der Waals surface area (Å²) in [6.07, 6.45) is 0. The minimum absolute atomic E-state index is 0.0846. The highest BCUT2D eigenvalue weighted by atomic mass is 32.2. The van der Waals surface area contributed by atoms with E-state index in [0.717, 1.165) is 12.3 Å². The summed E-state index contributed by atoms with van der Waals surface area (Å²) in [5, 5.41) is 8.89. The first kappa shape index (κ1) is 18.3. The van der Waals surface area contributed by atoms with Crippen molar-refractivity contribution in [1.29, 1.82) is 0 Å². The maximum atomic E-state index is 11.5. The lowest BCUT2D eigenvalue weighted by Crippen LogP contribution is -2.44. The summed E-state index contributed by atoms with van der Waals surface area (Å²) < 4.78 is 4.87. The minimum atomic E-state index is -0.0846. The quantitative estimate of drug-likeness (QED) is 0.270. The zero-order chi connectivity index (χ0) is 16.0. The molecule has 1 amide bonds. The third kappa shape index (κ3) is 8.53. The van der Waals surface area contributed by atoms with Gasteiger partial charge in [-0.3, -0.25) is 9.79 Å². The number of thioether (sulfide) groups is 1. The molecule has 22 heavy (non-hydrogen) atoms. The van der Waals surface area contributed by atoms with Gasteiger partial charge in [0.1, 0.15) is 0 Å². The molecule has 0 atom stereocenters. The number of guanidine groups is 1. The number of nitrogens with zero attached hydrogens (tertiary/aromatic N) is 1. The molecule has 0 unspecified atom stereocenters. The fourth-order valence-corrected chi connectivity index (χ4v) is 2.38. The molecule has 0 aliphatic heterocycles. The second-order valence-electron chi connectivity index (χ2n) is 4.36. The van der Waals surface area contributed by atoms with Crippen molar-refractivity contribution in [3.05, 3.63) is 30.3 Å². The van der Waals surface area contributed by atoms with Gasteiger partial charge < -0.3 is 20.7 Å². The lowest BCUT2D eigenvalue weighted by molar-refractivity contribution is -0.120. The highest BCUT2D eigenvalue weighted by Gasteiger charge is 2.02. The van der Waals surface area contributed by atoms with Gasteiger partial charge in [-0.25, -0.2) is 0 Å². The first-order valence-corrected chi connectivity index (χ1v) is 8.13. The number of hydrogen-bond donors (Lipinski definition) is 3. The molecular weight excluding hydrogens is 300 g/mol. The molecule has 0 saturated heterocycles. The molecule has 3 N–H and O–H groups in total. The fraction of sp³-hybridized carbons (Fsp3) is 0.467. The monoisotopic (exact) mass is 324 g/mol. The summed E-state index contributed by atoms with van der Waals surface area (Å²) in [5.41, 5.74) is 0. The van der Waals surface area contributed by atoms with E-state index in [1.54, 1.807) is 25.9 Å². The van der Waals surface area contributed by atoms with Crippen LogP contribution in [0.2, 0.25) is 0 Å². The Labute approximate surface area is 136 Å². The largest absolute Gasteiger partial charge is 0.383 e. The molecule has 1 aromatic rings. The molecule has 0 spiro atoms. The Balaban J connectivity index is 2.13. The zero-order valence-corrected chi connectivity index (χ0v) is 13.9. The van der Waals surface area contributed by atoms with E-state index in [4.69, 9.17) is 4.74 Å². The van der Waals surface area contributed by atoms with Gasteiger partial charge in [0.2, 0.25) is 5.91 Å². The van der Waals surface area contributed by atoms with Crippen LogP contribution in [0.1, 0.15) is 0 Å². The van der Waals surface area contributed by atoms with Crippen LogP contribution in [0.5, 0.6) is 0 Å². The van der Waals surface area contributed by atoms with Crippen LogP contribution in [0.25, 0.3) is 0 Å². The van der Waals surface area contributed by atoms with Crippen molar-refractivity contribution in [2.75, 3.05) is 46.2 Å². The second-order valence-corrected chi connectivity index (χ2v) is 5.53. The van der Waals surface area contributed by atoms with E-state index in [2.05, 4.69) is 33.1 Å². The van der Waals surface area contributed by atoms with Gasteiger partial charge in [-0.15, -0.1) is 11.8 Å². The molecule has 0 aromatic heterocycles. The molecule has 0 heterocycles. The maximum absolute atomic E-state index is 11.5. The molecule has 0 saturated carbocycles. The Kier molecular flexibility index (Phi) is 9.89. The van der Waals surface area contributed by atoms with Crippen LogP contribution in [0.3, 0.4) is 0 Å². The molecule has 1 aromatic carbocycles. The van der Waals surface area contributed by atoms with Crippen LogP contribution >= 0.6 is 11.8 Å². The Bertz CT molecular complexity index is 454. The first-order chi connectivity index (χ1) is 10.8. The molecule has 0 bridgehead atoms. The summed E-state index contributed by atoms with van der Waals surface area (Å²) in [6, 6.07) is 10.2. The van der Waals surface area contributed by atoms with Gasteiger partial charge in [-0.1, -0.05) is 18.2 Å². The van der Waals surface area contributed by atoms with Crippen LogP contribution in [0.4, 0.5) is 0 Å². The third-order valence-electron chi connectivity index (χ3n) is 2.67. The third-order valence-corrected chi connectivity index (χ3v) is 3.69. The fourth-order valence-electron chi connectivity index (χ4n) is 1.59. The smallest absolute Gasteiger partial charge is 0.239 e. The molecular formula is C15H24N4O2S. The van der Waals surface area contributed by atoms with Gasteiger partial charge in [0, 0.05) is 37.9 Å². The minimum Gasteiger partial charge on any atom is -0.383 e. The maximum Gasteiger partial charge on any atom is 0.239 e. The van der Waals surface area contributed by atoms with Crippen LogP contribution in [0.15, 0.2) is 40.2 Å². The van der Waals surface area contributed by atoms with E-state index in [1.165, 1.54) is 4.90 Å². The predicted molar refractivity (Wildman–Crippen MR) is 91.4 cm³/mol. The number of carbonyl (C=O) groups excluding carboxylic acids is 1. The van der Waals surface area contributed by atoms with Gasteiger partial charge in [0.05, 0.1) is 13.2 Å². The molecule has 1 rings (SSSR count). The molecule has 0 radical (unpaired) electrons. The van der Waals surface area contributed by atoms with E-state index in [0.29, 0.717) is 19.1 Å².